The lowest BCUT2D eigenvalue weighted by molar-refractivity contribution is 0.0954. The van der Waals surface area contributed by atoms with Crippen molar-refractivity contribution in [3.05, 3.63) is 65.7 Å². The number of phenols is 1. The maximum atomic E-state index is 12.1. The van der Waals surface area contributed by atoms with Crippen LogP contribution in [0.4, 0.5) is 0 Å². The number of rotatable bonds is 3. The Balaban J connectivity index is 1.74. The van der Waals surface area contributed by atoms with Crippen LogP contribution in [0.5, 0.6) is 5.75 Å². The Labute approximate surface area is 135 Å². The molecule has 1 amide bonds. The van der Waals surface area contributed by atoms with Crippen molar-refractivity contribution in [3.63, 3.8) is 0 Å². The van der Waals surface area contributed by atoms with Crippen molar-refractivity contribution >= 4 is 11.6 Å². The van der Waals surface area contributed by atoms with E-state index in [4.69, 9.17) is 0 Å². The largest absolute Gasteiger partial charge is 0.508 e. The summed E-state index contributed by atoms with van der Waals surface area (Å²) in [6, 6.07) is 16.5. The summed E-state index contributed by atoms with van der Waals surface area (Å²) < 4.78 is 0. The highest BCUT2D eigenvalue weighted by molar-refractivity contribution is 5.97. The van der Waals surface area contributed by atoms with Gasteiger partial charge in [-0.25, -0.2) is 5.43 Å². The molecule has 2 N–H and O–H groups in total. The minimum Gasteiger partial charge on any atom is -0.508 e. The van der Waals surface area contributed by atoms with Crippen LogP contribution < -0.4 is 5.43 Å². The van der Waals surface area contributed by atoms with Gasteiger partial charge in [0.25, 0.3) is 5.91 Å². The summed E-state index contributed by atoms with van der Waals surface area (Å²) in [7, 11) is 0. The topological polar surface area (TPSA) is 61.7 Å². The fourth-order valence-electron chi connectivity index (χ4n) is 2.97. The number of phenolic OH excluding ortho intramolecular Hbond substituents is 1. The average Bonchev–Trinajstić information content (AvgIpc) is 2.61. The number of hydrazone groups is 1. The Hall–Kier alpha value is -2.62. The van der Waals surface area contributed by atoms with Crippen LogP contribution in [-0.2, 0) is 0 Å². The summed E-state index contributed by atoms with van der Waals surface area (Å²) in [6.45, 7) is 0. The number of carbonyl (C=O) groups is 1. The molecule has 2 aromatic rings. The fraction of sp³-hybridized carbons (Fsp3) is 0.263. The van der Waals surface area contributed by atoms with Crippen molar-refractivity contribution in [3.8, 4) is 5.75 Å². The molecule has 0 aliphatic heterocycles. The highest BCUT2D eigenvalue weighted by atomic mass is 16.3. The van der Waals surface area contributed by atoms with Gasteiger partial charge in [0.2, 0.25) is 0 Å². The van der Waals surface area contributed by atoms with E-state index in [1.165, 1.54) is 24.1 Å². The molecule has 0 heterocycles. The summed E-state index contributed by atoms with van der Waals surface area (Å²) in [4.78, 5) is 12.1. The molecule has 2 aromatic carbocycles. The van der Waals surface area contributed by atoms with E-state index in [1.54, 1.807) is 12.1 Å². The minimum absolute atomic E-state index is 0.143. The Morgan fingerprint density at radius 3 is 2.52 bits per heavy atom. The Kier molecular flexibility index (Phi) is 4.71. The average molecular weight is 308 g/mol. The number of aromatic hydroxyl groups is 1. The third-order valence-electron chi connectivity index (χ3n) is 4.21. The second-order valence-electron chi connectivity index (χ2n) is 5.80. The smallest absolute Gasteiger partial charge is 0.271 e. The molecule has 1 aliphatic rings. The third kappa shape index (κ3) is 3.77. The predicted octanol–water partition coefficient (Wildman–Crippen LogP) is 3.84. The van der Waals surface area contributed by atoms with Gasteiger partial charge in [0, 0.05) is 17.2 Å². The van der Waals surface area contributed by atoms with Gasteiger partial charge in [-0.2, -0.15) is 5.10 Å². The van der Waals surface area contributed by atoms with Gasteiger partial charge < -0.3 is 5.11 Å². The Morgan fingerprint density at radius 1 is 1.04 bits per heavy atom. The molecular weight excluding hydrogens is 288 g/mol. The van der Waals surface area contributed by atoms with E-state index in [0.717, 1.165) is 25.0 Å². The van der Waals surface area contributed by atoms with Gasteiger partial charge in [0.05, 0.1) is 0 Å². The minimum atomic E-state index is -0.255. The number of nitrogens with one attached hydrogen (secondary N) is 1. The van der Waals surface area contributed by atoms with Gasteiger partial charge in [-0.05, 0) is 49.1 Å². The van der Waals surface area contributed by atoms with Crippen molar-refractivity contribution in [1.29, 1.82) is 0 Å². The molecule has 1 saturated carbocycles. The van der Waals surface area contributed by atoms with E-state index < -0.39 is 0 Å². The van der Waals surface area contributed by atoms with Crippen LogP contribution in [0.2, 0.25) is 0 Å². The molecular formula is C19H20N2O2. The number of benzene rings is 2. The van der Waals surface area contributed by atoms with Crippen molar-refractivity contribution in [2.24, 2.45) is 5.10 Å². The zero-order valence-corrected chi connectivity index (χ0v) is 12.9. The lowest BCUT2D eigenvalue weighted by atomic mass is 9.82. The summed E-state index contributed by atoms with van der Waals surface area (Å²) >= 11 is 0. The van der Waals surface area contributed by atoms with E-state index in [1.807, 2.05) is 18.2 Å². The summed E-state index contributed by atoms with van der Waals surface area (Å²) in [5.74, 6) is 0.171. The SMILES string of the molecule is O=C(N/N=C1/CCCC[C@H]1c1ccccc1)c1ccc(O)cc1. The molecule has 0 unspecified atom stereocenters. The second-order valence-corrected chi connectivity index (χ2v) is 5.80. The molecule has 0 aromatic heterocycles. The molecule has 0 spiro atoms. The normalized spacial score (nSPS) is 19.5. The monoisotopic (exact) mass is 308 g/mol. The van der Waals surface area contributed by atoms with E-state index in [9.17, 15) is 9.90 Å². The quantitative estimate of drug-likeness (QED) is 0.846. The number of hydrogen-bond acceptors (Lipinski definition) is 3. The van der Waals surface area contributed by atoms with Gasteiger partial charge in [-0.3, -0.25) is 4.79 Å². The molecule has 23 heavy (non-hydrogen) atoms. The Bertz CT molecular complexity index is 693. The number of hydrogen-bond donors (Lipinski definition) is 2. The van der Waals surface area contributed by atoms with Crippen LogP contribution in [0, 0.1) is 0 Å². The summed E-state index contributed by atoms with van der Waals surface area (Å²) in [6.07, 6.45) is 4.27. The van der Waals surface area contributed by atoms with Crippen molar-refractivity contribution in [2.75, 3.05) is 0 Å². The molecule has 1 atom stereocenters. The maximum absolute atomic E-state index is 12.1. The number of amides is 1. The number of carbonyl (C=O) groups excluding carboxylic acids is 1. The molecule has 4 nitrogen and oxygen atoms in total. The van der Waals surface area contributed by atoms with Crippen LogP contribution >= 0.6 is 0 Å². The standard InChI is InChI=1S/C19H20N2O2/c22-16-12-10-15(11-13-16)19(23)21-20-18-9-5-4-8-17(18)14-6-2-1-3-7-14/h1-3,6-7,10-13,17,22H,4-5,8-9H2,(H,21,23)/b20-18-/t17-/m0/s1. The summed E-state index contributed by atoms with van der Waals surface area (Å²) in [5.41, 5.74) is 5.43. The molecule has 3 rings (SSSR count). The van der Waals surface area contributed by atoms with Gasteiger partial charge in [0.1, 0.15) is 5.75 Å². The van der Waals surface area contributed by atoms with Crippen molar-refractivity contribution in [2.45, 2.75) is 31.6 Å². The zero-order chi connectivity index (χ0) is 16.1. The van der Waals surface area contributed by atoms with Crippen molar-refractivity contribution < 1.29 is 9.90 Å². The van der Waals surface area contributed by atoms with E-state index >= 15 is 0 Å². The van der Waals surface area contributed by atoms with Crippen LogP contribution in [-0.4, -0.2) is 16.7 Å². The first-order valence-corrected chi connectivity index (χ1v) is 7.95. The molecule has 0 saturated heterocycles. The molecule has 1 fully saturated rings. The fourth-order valence-corrected chi connectivity index (χ4v) is 2.97. The van der Waals surface area contributed by atoms with E-state index in [2.05, 4.69) is 22.7 Å². The van der Waals surface area contributed by atoms with E-state index in [0.29, 0.717) is 5.56 Å². The third-order valence-corrected chi connectivity index (χ3v) is 4.21. The zero-order valence-electron chi connectivity index (χ0n) is 12.9. The number of nitrogens with zero attached hydrogens (tertiary/aromatic N) is 1. The van der Waals surface area contributed by atoms with Gasteiger partial charge in [-0.1, -0.05) is 36.8 Å². The molecule has 0 radical (unpaired) electrons. The molecule has 0 bridgehead atoms. The first-order chi connectivity index (χ1) is 11.2. The van der Waals surface area contributed by atoms with Gasteiger partial charge in [0.15, 0.2) is 0 Å². The van der Waals surface area contributed by atoms with Gasteiger partial charge >= 0.3 is 0 Å². The van der Waals surface area contributed by atoms with Crippen LogP contribution in [0.25, 0.3) is 0 Å². The molecule has 4 heteroatoms. The molecule has 118 valence electrons. The Morgan fingerprint density at radius 2 is 1.78 bits per heavy atom. The van der Waals surface area contributed by atoms with Crippen LogP contribution in [0.15, 0.2) is 59.7 Å². The predicted molar refractivity (Wildman–Crippen MR) is 90.7 cm³/mol. The van der Waals surface area contributed by atoms with Gasteiger partial charge in [-0.15, -0.1) is 0 Å². The highest BCUT2D eigenvalue weighted by Crippen LogP contribution is 2.30. The van der Waals surface area contributed by atoms with Crippen LogP contribution in [0.1, 0.15) is 47.5 Å². The van der Waals surface area contributed by atoms with Crippen molar-refractivity contribution in [1.82, 2.24) is 5.43 Å². The summed E-state index contributed by atoms with van der Waals surface area (Å²) in [5, 5.41) is 13.7. The first kappa shape index (κ1) is 15.3. The van der Waals surface area contributed by atoms with E-state index in [-0.39, 0.29) is 17.6 Å². The lowest BCUT2D eigenvalue weighted by Crippen LogP contribution is -2.24. The second kappa shape index (κ2) is 7.09. The lowest BCUT2D eigenvalue weighted by Gasteiger charge is -2.24. The molecule has 1 aliphatic carbocycles. The maximum Gasteiger partial charge on any atom is 0.271 e. The highest BCUT2D eigenvalue weighted by Gasteiger charge is 2.22. The van der Waals surface area contributed by atoms with Crippen LogP contribution in [0.3, 0.4) is 0 Å². The first-order valence-electron chi connectivity index (χ1n) is 7.95.